The van der Waals surface area contributed by atoms with Crippen LogP contribution in [0.25, 0.3) is 0 Å². The molecule has 1 aliphatic carbocycles. The summed E-state index contributed by atoms with van der Waals surface area (Å²) < 4.78 is 5.42. The van der Waals surface area contributed by atoms with Crippen molar-refractivity contribution in [3.8, 4) is 5.75 Å². The molecule has 4 heteroatoms. The summed E-state index contributed by atoms with van der Waals surface area (Å²) >= 11 is 0. The molecule has 1 N–H and O–H groups in total. The van der Waals surface area contributed by atoms with E-state index >= 15 is 0 Å². The van der Waals surface area contributed by atoms with Crippen LogP contribution < -0.4 is 10.1 Å². The van der Waals surface area contributed by atoms with Crippen LogP contribution in [-0.4, -0.2) is 18.0 Å². The first-order valence-electron chi connectivity index (χ1n) is 8.12. The van der Waals surface area contributed by atoms with Gasteiger partial charge in [0.05, 0.1) is 25.3 Å². The molecule has 0 saturated heterocycles. The molecule has 4 nitrogen and oxygen atoms in total. The highest BCUT2D eigenvalue weighted by atomic mass is 16.5. The highest BCUT2D eigenvalue weighted by Crippen LogP contribution is 2.59. The number of methoxy groups -OCH3 is 1. The highest BCUT2D eigenvalue weighted by Gasteiger charge is 2.60. The standard InChI is InChI=1S/C19H28N2O2/c1-11(2)8-14-16(19(14,5)6)18(22)21-10-15-13(4)17(23-7)12(3)9-20-15/h8-9,14,16H,10H2,1-7H3,(H,21,22). The number of ether oxygens (including phenoxy) is 1. The van der Waals surface area contributed by atoms with E-state index in [1.807, 2.05) is 13.8 Å². The lowest BCUT2D eigenvalue weighted by Gasteiger charge is -2.13. The zero-order valence-corrected chi connectivity index (χ0v) is 15.3. The number of nitrogens with one attached hydrogen (secondary N) is 1. The van der Waals surface area contributed by atoms with Gasteiger partial charge in [-0.05, 0) is 39.0 Å². The molecule has 0 aliphatic heterocycles. The highest BCUT2D eigenvalue weighted by molar-refractivity contribution is 5.83. The molecule has 126 valence electrons. The van der Waals surface area contributed by atoms with Gasteiger partial charge in [-0.2, -0.15) is 0 Å². The molecule has 1 aliphatic rings. The van der Waals surface area contributed by atoms with E-state index in [0.29, 0.717) is 12.5 Å². The van der Waals surface area contributed by atoms with Gasteiger partial charge in [-0.25, -0.2) is 0 Å². The number of hydrogen-bond donors (Lipinski definition) is 1. The number of rotatable bonds is 5. The molecular weight excluding hydrogens is 288 g/mol. The lowest BCUT2D eigenvalue weighted by molar-refractivity contribution is -0.123. The van der Waals surface area contributed by atoms with E-state index in [2.05, 4.69) is 44.1 Å². The van der Waals surface area contributed by atoms with Crippen LogP contribution in [0.5, 0.6) is 5.75 Å². The Morgan fingerprint density at radius 2 is 2.04 bits per heavy atom. The van der Waals surface area contributed by atoms with Gasteiger partial charge in [0.25, 0.3) is 0 Å². The van der Waals surface area contributed by atoms with Crippen molar-refractivity contribution < 1.29 is 9.53 Å². The summed E-state index contributed by atoms with van der Waals surface area (Å²) in [6.07, 6.45) is 4.00. The molecule has 1 heterocycles. The van der Waals surface area contributed by atoms with E-state index in [1.165, 1.54) is 5.57 Å². The van der Waals surface area contributed by atoms with Crippen molar-refractivity contribution in [3.05, 3.63) is 34.7 Å². The third kappa shape index (κ3) is 3.41. The summed E-state index contributed by atoms with van der Waals surface area (Å²) in [6.45, 7) is 12.9. The van der Waals surface area contributed by atoms with Gasteiger partial charge in [-0.3, -0.25) is 9.78 Å². The third-order valence-electron chi connectivity index (χ3n) is 4.89. The van der Waals surface area contributed by atoms with Crippen LogP contribution in [0.15, 0.2) is 17.8 Å². The second-order valence-corrected chi connectivity index (χ2v) is 7.33. The van der Waals surface area contributed by atoms with Crippen LogP contribution >= 0.6 is 0 Å². The predicted molar refractivity (Wildman–Crippen MR) is 92.3 cm³/mol. The van der Waals surface area contributed by atoms with Gasteiger partial charge in [0.2, 0.25) is 5.91 Å². The maximum Gasteiger partial charge on any atom is 0.224 e. The minimum absolute atomic E-state index is 0.0365. The fourth-order valence-corrected chi connectivity index (χ4v) is 3.38. The monoisotopic (exact) mass is 316 g/mol. The van der Waals surface area contributed by atoms with Gasteiger partial charge in [0, 0.05) is 17.3 Å². The number of allylic oxidation sites excluding steroid dienone is 2. The smallest absolute Gasteiger partial charge is 0.224 e. The van der Waals surface area contributed by atoms with E-state index in [9.17, 15) is 4.79 Å². The van der Waals surface area contributed by atoms with E-state index in [1.54, 1.807) is 13.3 Å². The van der Waals surface area contributed by atoms with Crippen molar-refractivity contribution >= 4 is 5.91 Å². The zero-order chi connectivity index (χ0) is 17.4. The van der Waals surface area contributed by atoms with Crippen molar-refractivity contribution in [2.75, 3.05) is 7.11 Å². The Labute approximate surface area is 139 Å². The largest absolute Gasteiger partial charge is 0.496 e. The molecule has 1 aromatic rings. The molecule has 0 spiro atoms. The van der Waals surface area contributed by atoms with Gasteiger partial charge in [0.1, 0.15) is 5.75 Å². The predicted octanol–water partition coefficient (Wildman–Crippen LogP) is 3.56. The van der Waals surface area contributed by atoms with Crippen molar-refractivity contribution in [3.63, 3.8) is 0 Å². The molecule has 1 fully saturated rings. The quantitative estimate of drug-likeness (QED) is 0.845. The lowest BCUT2D eigenvalue weighted by atomic mass is 10.1. The normalized spacial score (nSPS) is 21.5. The Morgan fingerprint density at radius 3 is 2.61 bits per heavy atom. The van der Waals surface area contributed by atoms with Crippen LogP contribution in [0, 0.1) is 31.1 Å². The number of carbonyl (C=O) groups excluding carboxylic acids is 1. The molecule has 23 heavy (non-hydrogen) atoms. The SMILES string of the molecule is COc1c(C)cnc(CNC(=O)C2C(C=C(C)C)C2(C)C)c1C. The van der Waals surface area contributed by atoms with Crippen LogP contribution in [0.2, 0.25) is 0 Å². The fourth-order valence-electron chi connectivity index (χ4n) is 3.38. The van der Waals surface area contributed by atoms with Crippen LogP contribution in [0.1, 0.15) is 44.5 Å². The average Bonchev–Trinajstić information content (AvgIpc) is 2.98. The minimum atomic E-state index is 0.0365. The maximum absolute atomic E-state index is 12.5. The lowest BCUT2D eigenvalue weighted by Crippen LogP contribution is -2.27. The molecule has 1 aromatic heterocycles. The summed E-state index contributed by atoms with van der Waals surface area (Å²) in [4.78, 5) is 17.0. The first-order chi connectivity index (χ1) is 10.7. The van der Waals surface area contributed by atoms with E-state index < -0.39 is 0 Å². The number of nitrogens with zero attached hydrogens (tertiary/aromatic N) is 1. The minimum Gasteiger partial charge on any atom is -0.496 e. The van der Waals surface area contributed by atoms with Gasteiger partial charge in [-0.1, -0.05) is 25.5 Å². The maximum atomic E-state index is 12.5. The molecule has 2 rings (SSSR count). The van der Waals surface area contributed by atoms with E-state index in [-0.39, 0.29) is 17.2 Å². The third-order valence-corrected chi connectivity index (χ3v) is 4.89. The number of carbonyl (C=O) groups is 1. The van der Waals surface area contributed by atoms with Crippen molar-refractivity contribution in [1.29, 1.82) is 0 Å². The Hall–Kier alpha value is -1.84. The molecule has 1 saturated carbocycles. The summed E-state index contributed by atoms with van der Waals surface area (Å²) in [6, 6.07) is 0. The van der Waals surface area contributed by atoms with Gasteiger partial charge < -0.3 is 10.1 Å². The number of aromatic nitrogens is 1. The van der Waals surface area contributed by atoms with E-state index in [4.69, 9.17) is 4.74 Å². The molecule has 2 unspecified atom stereocenters. The van der Waals surface area contributed by atoms with Crippen LogP contribution in [-0.2, 0) is 11.3 Å². The second-order valence-electron chi connectivity index (χ2n) is 7.33. The Balaban J connectivity index is 2.05. The first-order valence-corrected chi connectivity index (χ1v) is 8.12. The number of aryl methyl sites for hydroxylation is 1. The first kappa shape index (κ1) is 17.5. The zero-order valence-electron chi connectivity index (χ0n) is 15.3. The molecule has 1 amide bonds. The Kier molecular flexibility index (Phi) is 4.83. The summed E-state index contributed by atoms with van der Waals surface area (Å²) in [5.74, 6) is 1.33. The number of amides is 1. The van der Waals surface area contributed by atoms with Gasteiger partial charge >= 0.3 is 0 Å². The molecular formula is C19H28N2O2. The fraction of sp³-hybridized carbons (Fsp3) is 0.579. The molecule has 2 atom stereocenters. The molecule has 0 aromatic carbocycles. The van der Waals surface area contributed by atoms with Crippen LogP contribution in [0.4, 0.5) is 0 Å². The average molecular weight is 316 g/mol. The van der Waals surface area contributed by atoms with Crippen molar-refractivity contribution in [2.45, 2.75) is 48.1 Å². The number of pyridine rings is 1. The van der Waals surface area contributed by atoms with Crippen LogP contribution in [0.3, 0.4) is 0 Å². The van der Waals surface area contributed by atoms with Crippen molar-refractivity contribution in [1.82, 2.24) is 10.3 Å². The van der Waals surface area contributed by atoms with Gasteiger partial charge in [0.15, 0.2) is 0 Å². The molecule has 0 radical (unpaired) electrons. The van der Waals surface area contributed by atoms with Crippen molar-refractivity contribution in [2.24, 2.45) is 17.3 Å². The Morgan fingerprint density at radius 1 is 1.39 bits per heavy atom. The summed E-state index contributed by atoms with van der Waals surface area (Å²) in [5, 5.41) is 3.05. The van der Waals surface area contributed by atoms with E-state index in [0.717, 1.165) is 22.6 Å². The topological polar surface area (TPSA) is 51.2 Å². The second kappa shape index (κ2) is 6.34. The number of hydrogen-bond acceptors (Lipinski definition) is 3. The Bertz CT molecular complexity index is 643. The summed E-state index contributed by atoms with van der Waals surface area (Å²) in [5.41, 5.74) is 4.15. The summed E-state index contributed by atoms with van der Waals surface area (Å²) in [7, 11) is 1.66. The van der Waals surface area contributed by atoms with Gasteiger partial charge in [-0.15, -0.1) is 0 Å². The molecule has 0 bridgehead atoms.